The number of anilines is 1. The molecule has 4 N–H and O–H groups in total. The highest BCUT2D eigenvalue weighted by Gasteiger charge is 2.40. The molecule has 4 rings (SSSR count). The average molecular weight is 390 g/mol. The summed E-state index contributed by atoms with van der Waals surface area (Å²) in [6.07, 6.45) is 1.69. The van der Waals surface area contributed by atoms with Crippen molar-refractivity contribution in [2.75, 3.05) is 36.6 Å². The van der Waals surface area contributed by atoms with Gasteiger partial charge in [-0.15, -0.1) is 0 Å². The molecule has 2 aromatic rings. The van der Waals surface area contributed by atoms with Gasteiger partial charge in [-0.05, 0) is 11.8 Å². The molecule has 8 nitrogen and oxygen atoms in total. The molecule has 2 aliphatic heterocycles. The number of carboxylic acid groups (broad SMARTS) is 1. The van der Waals surface area contributed by atoms with E-state index in [1.807, 2.05) is 18.7 Å². The van der Waals surface area contributed by atoms with E-state index in [1.165, 1.54) is 10.9 Å². The van der Waals surface area contributed by atoms with E-state index in [1.54, 1.807) is 12.1 Å². The van der Waals surface area contributed by atoms with Crippen molar-refractivity contribution >= 4 is 22.6 Å². The molecule has 1 fully saturated rings. The molecule has 0 spiro atoms. The number of phenolic OH excluding ortho intramolecular Hbond substituents is 1. The number of halogens is 1. The Morgan fingerprint density at radius 1 is 1.39 bits per heavy atom. The van der Waals surface area contributed by atoms with Gasteiger partial charge in [0.15, 0.2) is 11.6 Å². The van der Waals surface area contributed by atoms with E-state index in [2.05, 4.69) is 0 Å². The number of hydrogen-bond donors (Lipinski definition) is 3. The molecular weight excluding hydrogens is 367 g/mol. The third kappa shape index (κ3) is 2.39. The lowest BCUT2D eigenvalue weighted by atomic mass is 9.89. The number of carbonyl (C=O) groups is 1. The molecule has 9 heteroatoms. The summed E-state index contributed by atoms with van der Waals surface area (Å²) < 4.78 is 16.9. The number of phenols is 1. The number of aromatic hydroxyl groups is 1. The van der Waals surface area contributed by atoms with Gasteiger partial charge in [0, 0.05) is 44.5 Å². The predicted octanol–water partition coefficient (Wildman–Crippen LogP) is 0.842. The van der Waals surface area contributed by atoms with Crippen LogP contribution in [0.4, 0.5) is 10.1 Å². The fourth-order valence-corrected chi connectivity index (χ4v) is 4.28. The van der Waals surface area contributed by atoms with Crippen molar-refractivity contribution in [2.24, 2.45) is 11.1 Å². The van der Waals surface area contributed by atoms with Crippen LogP contribution in [0.2, 0.25) is 0 Å². The molecule has 0 saturated carbocycles. The molecule has 0 bridgehead atoms. The Bertz CT molecular complexity index is 1080. The third-order valence-corrected chi connectivity index (χ3v) is 6.03. The van der Waals surface area contributed by atoms with Gasteiger partial charge in [-0.3, -0.25) is 9.47 Å². The Morgan fingerprint density at radius 3 is 2.64 bits per heavy atom. The van der Waals surface area contributed by atoms with Crippen LogP contribution in [-0.2, 0) is 6.42 Å². The first-order chi connectivity index (χ1) is 13.0. The van der Waals surface area contributed by atoms with Crippen LogP contribution in [0, 0.1) is 11.2 Å². The fourth-order valence-electron chi connectivity index (χ4n) is 4.28. The van der Waals surface area contributed by atoms with Gasteiger partial charge in [-0.2, -0.15) is 0 Å². The average Bonchev–Trinajstić information content (AvgIpc) is 2.87. The quantitative estimate of drug-likeness (QED) is 0.697. The molecule has 0 aliphatic carbocycles. The highest BCUT2D eigenvalue weighted by atomic mass is 19.1. The van der Waals surface area contributed by atoms with Crippen LogP contribution in [0.1, 0.15) is 29.8 Å². The first kappa shape index (κ1) is 18.5. The van der Waals surface area contributed by atoms with E-state index in [9.17, 15) is 19.8 Å². The molecule has 1 aromatic heterocycles. The van der Waals surface area contributed by atoms with Crippen molar-refractivity contribution in [3.8, 4) is 5.75 Å². The van der Waals surface area contributed by atoms with Crippen molar-refractivity contribution < 1.29 is 19.4 Å². The lowest BCUT2D eigenvalue weighted by Crippen LogP contribution is -2.39. The number of carboxylic acids is 1. The van der Waals surface area contributed by atoms with Gasteiger partial charge in [0.2, 0.25) is 5.43 Å². The normalized spacial score (nSPS) is 20.8. The van der Waals surface area contributed by atoms with Gasteiger partial charge in [0.05, 0.1) is 16.6 Å². The SMILES string of the molecule is CN1CCc2c(N3CC(N)C(C)(C)C3)c(F)c(O)c3c(=O)c(C(=O)O)cn1c23. The summed E-state index contributed by atoms with van der Waals surface area (Å²) in [6.45, 7) is 5.45. The minimum absolute atomic E-state index is 0.167. The smallest absolute Gasteiger partial charge is 0.341 e. The number of aromatic nitrogens is 1. The summed E-state index contributed by atoms with van der Waals surface area (Å²) in [6, 6.07) is -0.167. The summed E-state index contributed by atoms with van der Waals surface area (Å²) >= 11 is 0. The molecule has 0 amide bonds. The summed E-state index contributed by atoms with van der Waals surface area (Å²) in [4.78, 5) is 26.0. The highest BCUT2D eigenvalue weighted by Crippen LogP contribution is 2.43. The van der Waals surface area contributed by atoms with Crippen LogP contribution >= 0.6 is 0 Å². The van der Waals surface area contributed by atoms with Crippen molar-refractivity contribution in [1.82, 2.24) is 4.68 Å². The van der Waals surface area contributed by atoms with Crippen LogP contribution in [-0.4, -0.2) is 53.6 Å². The van der Waals surface area contributed by atoms with Crippen molar-refractivity contribution in [1.29, 1.82) is 0 Å². The van der Waals surface area contributed by atoms with Gasteiger partial charge >= 0.3 is 5.97 Å². The predicted molar refractivity (Wildman–Crippen MR) is 103 cm³/mol. The van der Waals surface area contributed by atoms with E-state index in [0.29, 0.717) is 37.1 Å². The summed E-state index contributed by atoms with van der Waals surface area (Å²) in [7, 11) is 1.74. The first-order valence-corrected chi connectivity index (χ1v) is 9.12. The van der Waals surface area contributed by atoms with Crippen LogP contribution in [0.5, 0.6) is 5.75 Å². The molecule has 1 saturated heterocycles. The lowest BCUT2D eigenvalue weighted by Gasteiger charge is -2.34. The molecule has 150 valence electrons. The molecule has 0 radical (unpaired) electrons. The zero-order chi connectivity index (χ0) is 20.5. The number of aromatic carboxylic acids is 1. The second kappa shape index (κ2) is 5.84. The first-order valence-electron chi connectivity index (χ1n) is 9.12. The molecule has 1 unspecified atom stereocenters. The molecule has 2 aliphatic rings. The van der Waals surface area contributed by atoms with Crippen molar-refractivity contribution in [3.63, 3.8) is 0 Å². The van der Waals surface area contributed by atoms with Crippen LogP contribution in [0.25, 0.3) is 10.9 Å². The highest BCUT2D eigenvalue weighted by molar-refractivity contribution is 5.99. The standard InChI is InChI=1S/C19H23FN4O4/c1-19(2)8-23(7-11(19)21)15-9-4-5-22(3)24-6-10(18(27)28)16(25)12(14(9)24)17(26)13(15)20/h6,11,26H,4-5,7-8,21H2,1-3H3,(H,27,28). The Morgan fingerprint density at radius 2 is 2.07 bits per heavy atom. The number of likely N-dealkylation sites (N-methyl/N-ethyl adjacent to an activating group) is 1. The Kier molecular flexibility index (Phi) is 3.87. The van der Waals surface area contributed by atoms with Crippen LogP contribution in [0.3, 0.4) is 0 Å². The van der Waals surface area contributed by atoms with Gasteiger partial charge in [0.25, 0.3) is 0 Å². The number of rotatable bonds is 2. The van der Waals surface area contributed by atoms with E-state index < -0.39 is 28.5 Å². The number of pyridine rings is 1. The largest absolute Gasteiger partial charge is 0.504 e. The molecule has 28 heavy (non-hydrogen) atoms. The van der Waals surface area contributed by atoms with E-state index in [0.717, 1.165) is 0 Å². The minimum atomic E-state index is -1.42. The molecule has 1 aromatic carbocycles. The Labute approximate surface area is 160 Å². The third-order valence-electron chi connectivity index (χ3n) is 6.03. The van der Waals surface area contributed by atoms with Crippen molar-refractivity contribution in [2.45, 2.75) is 26.3 Å². The number of hydrogen-bond acceptors (Lipinski definition) is 6. The number of nitrogens with zero attached hydrogens (tertiary/aromatic N) is 3. The van der Waals surface area contributed by atoms with Crippen molar-refractivity contribution in [3.05, 3.63) is 33.4 Å². The van der Waals surface area contributed by atoms with Crippen LogP contribution in [0.15, 0.2) is 11.0 Å². The zero-order valence-corrected chi connectivity index (χ0v) is 16.0. The summed E-state index contributed by atoms with van der Waals surface area (Å²) in [5, 5.41) is 21.4. The maximum Gasteiger partial charge on any atom is 0.341 e. The lowest BCUT2D eigenvalue weighted by molar-refractivity contribution is 0.0695. The fraction of sp³-hybridized carbons (Fsp3) is 0.474. The number of nitrogens with two attached hydrogens (primary N) is 1. The summed E-state index contributed by atoms with van der Waals surface area (Å²) in [5.74, 6) is -3.14. The van der Waals surface area contributed by atoms with E-state index in [4.69, 9.17) is 5.73 Å². The molecular formula is C19H23FN4O4. The topological polar surface area (TPSA) is 112 Å². The maximum atomic E-state index is 15.3. The van der Waals surface area contributed by atoms with Gasteiger partial charge in [-0.1, -0.05) is 13.8 Å². The maximum absolute atomic E-state index is 15.3. The van der Waals surface area contributed by atoms with Crippen LogP contribution < -0.4 is 21.1 Å². The van der Waals surface area contributed by atoms with E-state index >= 15 is 4.39 Å². The summed E-state index contributed by atoms with van der Waals surface area (Å²) in [5.41, 5.74) is 5.75. The molecule has 1 atom stereocenters. The molecule has 3 heterocycles. The second-order valence-electron chi connectivity index (χ2n) is 8.34. The number of benzene rings is 1. The Balaban J connectivity index is 2.09. The van der Waals surface area contributed by atoms with Gasteiger partial charge in [0.1, 0.15) is 5.56 Å². The monoisotopic (exact) mass is 390 g/mol. The minimum Gasteiger partial charge on any atom is -0.504 e. The van der Waals surface area contributed by atoms with Gasteiger partial charge < -0.3 is 25.9 Å². The Hall–Kier alpha value is -2.81. The zero-order valence-electron chi connectivity index (χ0n) is 16.0. The second-order valence-corrected chi connectivity index (χ2v) is 8.34. The van der Waals surface area contributed by atoms with E-state index in [-0.39, 0.29) is 22.5 Å². The van der Waals surface area contributed by atoms with Gasteiger partial charge in [-0.25, -0.2) is 9.18 Å².